The molecule has 0 bridgehead atoms. The summed E-state index contributed by atoms with van der Waals surface area (Å²) < 4.78 is 0. The van der Waals surface area contributed by atoms with E-state index in [1.165, 1.54) is 19.3 Å². The molecule has 0 heterocycles. The van der Waals surface area contributed by atoms with Crippen molar-refractivity contribution in [2.45, 2.75) is 65.3 Å². The molecule has 1 aliphatic carbocycles. The molecular weight excluding hydrogens is 186 g/mol. The van der Waals surface area contributed by atoms with E-state index in [0.717, 1.165) is 18.8 Å². The molecule has 0 aliphatic heterocycles. The fourth-order valence-corrected chi connectivity index (χ4v) is 2.30. The minimum Gasteiger partial charge on any atom is -0.351 e. The van der Waals surface area contributed by atoms with Gasteiger partial charge in [-0.1, -0.05) is 13.3 Å². The van der Waals surface area contributed by atoms with Gasteiger partial charge in [-0.05, 0) is 52.4 Å². The highest BCUT2D eigenvalue weighted by Gasteiger charge is 2.27. The Morgan fingerprint density at radius 1 is 1.20 bits per heavy atom. The minimum atomic E-state index is -0.0846. The fourth-order valence-electron chi connectivity index (χ4n) is 2.30. The average Bonchev–Trinajstić information content (AvgIpc) is 2.15. The summed E-state index contributed by atoms with van der Waals surface area (Å²) in [6.45, 7) is 8.38. The van der Waals surface area contributed by atoms with E-state index in [-0.39, 0.29) is 17.4 Å². The van der Waals surface area contributed by atoms with E-state index in [2.05, 4.69) is 12.2 Å². The summed E-state index contributed by atoms with van der Waals surface area (Å²) in [5, 5.41) is 3.08. The van der Waals surface area contributed by atoms with Gasteiger partial charge in [-0.2, -0.15) is 0 Å². The van der Waals surface area contributed by atoms with E-state index in [1.54, 1.807) is 0 Å². The summed E-state index contributed by atoms with van der Waals surface area (Å²) in [7, 11) is 0. The number of hydrogen-bond donors (Lipinski definition) is 1. The van der Waals surface area contributed by atoms with E-state index in [9.17, 15) is 4.79 Å². The normalized spacial score (nSPS) is 27.5. The van der Waals surface area contributed by atoms with Crippen molar-refractivity contribution in [3.63, 3.8) is 0 Å². The first kappa shape index (κ1) is 12.5. The van der Waals surface area contributed by atoms with Gasteiger partial charge in [0.15, 0.2) is 0 Å². The molecular formula is C13H25NO. The van der Waals surface area contributed by atoms with Crippen LogP contribution in [0.5, 0.6) is 0 Å². The molecule has 2 heteroatoms. The Morgan fingerprint density at radius 2 is 1.73 bits per heavy atom. The first-order valence-electron chi connectivity index (χ1n) is 6.24. The van der Waals surface area contributed by atoms with Gasteiger partial charge in [0, 0.05) is 11.5 Å². The summed E-state index contributed by atoms with van der Waals surface area (Å²) >= 11 is 0. The fraction of sp³-hybridized carbons (Fsp3) is 0.923. The number of carbonyl (C=O) groups excluding carboxylic acids is 1. The molecule has 88 valence electrons. The lowest BCUT2D eigenvalue weighted by atomic mass is 9.80. The Hall–Kier alpha value is -0.530. The van der Waals surface area contributed by atoms with E-state index < -0.39 is 0 Å². The van der Waals surface area contributed by atoms with Crippen molar-refractivity contribution in [1.29, 1.82) is 0 Å². The number of hydrogen-bond acceptors (Lipinski definition) is 1. The maximum absolute atomic E-state index is 11.9. The van der Waals surface area contributed by atoms with Gasteiger partial charge in [-0.15, -0.1) is 0 Å². The van der Waals surface area contributed by atoms with Crippen molar-refractivity contribution >= 4 is 5.91 Å². The molecule has 1 amide bonds. The first-order valence-corrected chi connectivity index (χ1v) is 6.24. The summed E-state index contributed by atoms with van der Waals surface area (Å²) in [5.74, 6) is 1.40. The zero-order valence-corrected chi connectivity index (χ0v) is 10.6. The van der Waals surface area contributed by atoms with Crippen LogP contribution in [-0.2, 0) is 4.79 Å². The van der Waals surface area contributed by atoms with Crippen molar-refractivity contribution in [2.24, 2.45) is 11.8 Å². The van der Waals surface area contributed by atoms with Crippen molar-refractivity contribution in [3.8, 4) is 0 Å². The third kappa shape index (κ3) is 4.23. The van der Waals surface area contributed by atoms with Gasteiger partial charge in [0.25, 0.3) is 0 Å². The van der Waals surface area contributed by atoms with E-state index >= 15 is 0 Å². The van der Waals surface area contributed by atoms with Gasteiger partial charge in [-0.25, -0.2) is 0 Å². The molecule has 0 radical (unpaired) electrons. The number of nitrogens with one attached hydrogen (secondary N) is 1. The van der Waals surface area contributed by atoms with Crippen LogP contribution in [0.2, 0.25) is 0 Å². The summed E-state index contributed by atoms with van der Waals surface area (Å²) in [6, 6.07) is 0. The maximum atomic E-state index is 11.9. The molecule has 0 spiro atoms. The van der Waals surface area contributed by atoms with Crippen LogP contribution in [0.25, 0.3) is 0 Å². The van der Waals surface area contributed by atoms with Crippen LogP contribution in [0, 0.1) is 11.8 Å². The van der Waals surface area contributed by atoms with Crippen LogP contribution in [0.1, 0.15) is 59.8 Å². The number of carbonyl (C=O) groups is 1. The predicted octanol–water partition coefficient (Wildman–Crippen LogP) is 3.12. The van der Waals surface area contributed by atoms with Crippen LogP contribution in [0.4, 0.5) is 0 Å². The monoisotopic (exact) mass is 211 g/mol. The lowest BCUT2D eigenvalue weighted by Gasteiger charge is -2.30. The standard InChI is InChI=1S/C13H25NO/c1-5-10-6-8-11(9-7-10)12(15)14-13(2,3)4/h10-11H,5-9H2,1-4H3,(H,14,15). The van der Waals surface area contributed by atoms with Crippen molar-refractivity contribution < 1.29 is 4.79 Å². The van der Waals surface area contributed by atoms with E-state index in [0.29, 0.717) is 0 Å². The topological polar surface area (TPSA) is 29.1 Å². The molecule has 1 rings (SSSR count). The highest BCUT2D eigenvalue weighted by atomic mass is 16.2. The zero-order valence-electron chi connectivity index (χ0n) is 10.6. The lowest BCUT2D eigenvalue weighted by Crippen LogP contribution is -2.44. The minimum absolute atomic E-state index is 0.0846. The summed E-state index contributed by atoms with van der Waals surface area (Å²) in [6.07, 6.45) is 5.91. The van der Waals surface area contributed by atoms with Crippen molar-refractivity contribution in [1.82, 2.24) is 5.32 Å². The van der Waals surface area contributed by atoms with Crippen molar-refractivity contribution in [2.75, 3.05) is 0 Å². The van der Waals surface area contributed by atoms with Gasteiger partial charge in [0.05, 0.1) is 0 Å². The molecule has 2 nitrogen and oxygen atoms in total. The third-order valence-electron chi connectivity index (χ3n) is 3.29. The first-order chi connectivity index (χ1) is 6.92. The second kappa shape index (κ2) is 5.00. The average molecular weight is 211 g/mol. The Kier molecular flexibility index (Phi) is 4.18. The third-order valence-corrected chi connectivity index (χ3v) is 3.29. The molecule has 1 N–H and O–H groups in total. The SMILES string of the molecule is CCC1CCC(C(=O)NC(C)(C)C)CC1. The second-order valence-corrected chi connectivity index (χ2v) is 5.87. The molecule has 0 unspecified atom stereocenters. The molecule has 0 aromatic rings. The Bertz CT molecular complexity index is 209. The summed E-state index contributed by atoms with van der Waals surface area (Å²) in [5.41, 5.74) is -0.0846. The lowest BCUT2D eigenvalue weighted by molar-refractivity contribution is -0.127. The molecule has 0 aromatic heterocycles. The molecule has 0 aromatic carbocycles. The highest BCUT2D eigenvalue weighted by Crippen LogP contribution is 2.30. The summed E-state index contributed by atoms with van der Waals surface area (Å²) in [4.78, 5) is 11.9. The van der Waals surface area contributed by atoms with Gasteiger partial charge in [0.2, 0.25) is 5.91 Å². The van der Waals surface area contributed by atoms with E-state index in [4.69, 9.17) is 0 Å². The quantitative estimate of drug-likeness (QED) is 0.747. The van der Waals surface area contributed by atoms with Gasteiger partial charge in [-0.3, -0.25) is 4.79 Å². The van der Waals surface area contributed by atoms with Crippen LogP contribution in [-0.4, -0.2) is 11.4 Å². The Labute approximate surface area is 93.8 Å². The molecule has 1 saturated carbocycles. The highest BCUT2D eigenvalue weighted by molar-refractivity contribution is 5.79. The van der Waals surface area contributed by atoms with Crippen molar-refractivity contribution in [3.05, 3.63) is 0 Å². The van der Waals surface area contributed by atoms with Gasteiger partial charge >= 0.3 is 0 Å². The van der Waals surface area contributed by atoms with Crippen LogP contribution in [0.15, 0.2) is 0 Å². The molecule has 15 heavy (non-hydrogen) atoms. The second-order valence-electron chi connectivity index (χ2n) is 5.87. The largest absolute Gasteiger partial charge is 0.351 e. The van der Waals surface area contributed by atoms with Gasteiger partial charge < -0.3 is 5.32 Å². The predicted molar refractivity (Wildman–Crippen MR) is 63.6 cm³/mol. The Morgan fingerprint density at radius 3 is 2.13 bits per heavy atom. The molecule has 0 atom stereocenters. The van der Waals surface area contributed by atoms with Crippen LogP contribution >= 0.6 is 0 Å². The molecule has 1 fully saturated rings. The van der Waals surface area contributed by atoms with Gasteiger partial charge in [0.1, 0.15) is 0 Å². The van der Waals surface area contributed by atoms with Crippen LogP contribution < -0.4 is 5.32 Å². The van der Waals surface area contributed by atoms with E-state index in [1.807, 2.05) is 20.8 Å². The Balaban J connectivity index is 2.37. The number of amides is 1. The smallest absolute Gasteiger partial charge is 0.223 e. The maximum Gasteiger partial charge on any atom is 0.223 e. The van der Waals surface area contributed by atoms with Crippen LogP contribution in [0.3, 0.4) is 0 Å². The molecule has 1 aliphatic rings. The zero-order chi connectivity index (χ0) is 11.5. The number of rotatable bonds is 2. The molecule has 0 saturated heterocycles.